The van der Waals surface area contributed by atoms with E-state index in [9.17, 15) is 14.7 Å². The Kier molecular flexibility index (Phi) is 4.15. The molecule has 0 radical (unpaired) electrons. The molecule has 0 N–H and O–H groups in total. The first kappa shape index (κ1) is 15.3. The Hall–Kier alpha value is -2.12. The fraction of sp³-hybridized carbons (Fsp3) is 0.692. The number of piperidine rings is 1. The normalized spacial score (nSPS) is 19.4. The van der Waals surface area contributed by atoms with Gasteiger partial charge in [-0.15, -0.1) is 5.10 Å². The fourth-order valence-electron chi connectivity index (χ4n) is 2.21. The molecule has 2 heterocycles. The first-order valence-corrected chi connectivity index (χ1v) is 6.86. The Bertz CT molecular complexity index is 535. The van der Waals surface area contributed by atoms with Gasteiger partial charge in [-0.1, -0.05) is 0 Å². The minimum absolute atomic E-state index is 0.105. The number of carbonyl (C=O) groups excluding carboxylic acids is 2. The highest BCUT2D eigenvalue weighted by atomic mass is 16.6. The van der Waals surface area contributed by atoms with Crippen molar-refractivity contribution in [2.45, 2.75) is 45.3 Å². The predicted octanol–water partition coefficient (Wildman–Crippen LogP) is 0.214. The van der Waals surface area contributed by atoms with Crippen LogP contribution in [-0.2, 0) is 4.74 Å². The van der Waals surface area contributed by atoms with Crippen molar-refractivity contribution in [2.24, 2.45) is 0 Å². The molecule has 1 unspecified atom stereocenters. The van der Waals surface area contributed by atoms with Crippen LogP contribution >= 0.6 is 0 Å². The highest BCUT2D eigenvalue weighted by Gasteiger charge is 2.28. The van der Waals surface area contributed by atoms with Gasteiger partial charge in [0.05, 0.1) is 6.04 Å². The average Bonchev–Trinajstić information content (AvgIpc) is 2.86. The molecule has 2 rings (SSSR count). The van der Waals surface area contributed by atoms with E-state index in [-0.39, 0.29) is 18.0 Å². The Morgan fingerprint density at radius 1 is 1.43 bits per heavy atom. The molecule has 1 aromatic heterocycles. The van der Waals surface area contributed by atoms with Gasteiger partial charge in [0.25, 0.3) is 0 Å². The van der Waals surface area contributed by atoms with Crippen LogP contribution in [0.2, 0.25) is 0 Å². The molecule has 1 fully saturated rings. The Labute approximate surface area is 122 Å². The molecule has 0 saturated carbocycles. The highest BCUT2D eigenvalue weighted by Crippen LogP contribution is 2.22. The third-order valence-corrected chi connectivity index (χ3v) is 3.11. The summed E-state index contributed by atoms with van der Waals surface area (Å²) < 4.78 is 6.82. The molecule has 1 aliphatic rings. The van der Waals surface area contributed by atoms with Crippen LogP contribution in [0.1, 0.15) is 50.3 Å². The Morgan fingerprint density at radius 2 is 2.14 bits per heavy atom. The van der Waals surface area contributed by atoms with E-state index in [1.165, 1.54) is 11.0 Å². The molecule has 21 heavy (non-hydrogen) atoms. The van der Waals surface area contributed by atoms with Gasteiger partial charge in [0, 0.05) is 13.1 Å². The minimum Gasteiger partial charge on any atom is -0.541 e. The zero-order chi connectivity index (χ0) is 15.6. The molecule has 0 spiro atoms. The van der Waals surface area contributed by atoms with Crippen molar-refractivity contribution in [3.8, 4) is 0 Å². The second-order valence-electron chi connectivity index (χ2n) is 6.06. The summed E-state index contributed by atoms with van der Waals surface area (Å²) in [5, 5.41) is 14.6. The summed E-state index contributed by atoms with van der Waals surface area (Å²) in [4.78, 5) is 28.0. The number of hydrogen-bond acceptors (Lipinski definition) is 6. The van der Waals surface area contributed by atoms with Crippen molar-refractivity contribution >= 4 is 12.1 Å². The first-order valence-electron chi connectivity index (χ1n) is 6.86. The molecule has 8 heteroatoms. The van der Waals surface area contributed by atoms with Crippen LogP contribution in [0.4, 0.5) is 4.79 Å². The zero-order valence-corrected chi connectivity index (χ0v) is 12.4. The zero-order valence-electron chi connectivity index (χ0n) is 12.4. The summed E-state index contributed by atoms with van der Waals surface area (Å²) in [5.41, 5.74) is -0.542. The first-order chi connectivity index (χ1) is 9.76. The molecular formula is C13H19N4O4-. The van der Waals surface area contributed by atoms with Crippen LogP contribution in [0.3, 0.4) is 0 Å². The van der Waals surface area contributed by atoms with E-state index in [4.69, 9.17) is 4.74 Å². The van der Waals surface area contributed by atoms with Crippen molar-refractivity contribution in [1.82, 2.24) is 19.7 Å². The van der Waals surface area contributed by atoms with Crippen molar-refractivity contribution < 1.29 is 19.4 Å². The van der Waals surface area contributed by atoms with Crippen LogP contribution in [-0.4, -0.2) is 50.4 Å². The van der Waals surface area contributed by atoms with Crippen molar-refractivity contribution in [3.63, 3.8) is 0 Å². The maximum atomic E-state index is 12.1. The number of amides is 1. The quantitative estimate of drug-likeness (QED) is 0.773. The van der Waals surface area contributed by atoms with E-state index in [1.54, 1.807) is 4.90 Å². The molecule has 1 aliphatic heterocycles. The summed E-state index contributed by atoms with van der Waals surface area (Å²) >= 11 is 0. The number of ether oxygens (including phenoxy) is 1. The predicted molar refractivity (Wildman–Crippen MR) is 70.4 cm³/mol. The maximum absolute atomic E-state index is 12.1. The molecule has 0 aliphatic carbocycles. The summed E-state index contributed by atoms with van der Waals surface area (Å²) in [5.74, 6) is -1.75. The van der Waals surface area contributed by atoms with Crippen molar-refractivity contribution in [3.05, 3.63) is 12.2 Å². The van der Waals surface area contributed by atoms with Gasteiger partial charge >= 0.3 is 6.09 Å². The van der Waals surface area contributed by atoms with E-state index >= 15 is 0 Å². The number of carboxylic acid groups (broad SMARTS) is 1. The SMILES string of the molecule is CC(C)(C)OC(=O)N1CCCC(n2cnc(C(=O)[O-])n2)C1. The highest BCUT2D eigenvalue weighted by molar-refractivity contribution is 5.80. The topological polar surface area (TPSA) is 100 Å². The number of aromatic nitrogens is 3. The van der Waals surface area contributed by atoms with Gasteiger partial charge in [-0.3, -0.25) is 0 Å². The molecule has 0 aromatic carbocycles. The summed E-state index contributed by atoms with van der Waals surface area (Å²) in [7, 11) is 0. The Morgan fingerprint density at radius 3 is 2.71 bits per heavy atom. The van der Waals surface area contributed by atoms with Crippen LogP contribution in [0, 0.1) is 0 Å². The summed E-state index contributed by atoms with van der Waals surface area (Å²) in [6, 6.07) is -0.105. The lowest BCUT2D eigenvalue weighted by molar-refractivity contribution is -0.256. The number of aromatic carboxylic acids is 1. The van der Waals surface area contributed by atoms with E-state index in [1.807, 2.05) is 20.8 Å². The van der Waals surface area contributed by atoms with E-state index < -0.39 is 11.6 Å². The van der Waals surface area contributed by atoms with Gasteiger partial charge < -0.3 is 19.5 Å². The van der Waals surface area contributed by atoms with Gasteiger partial charge in [0.2, 0.25) is 0 Å². The Balaban J connectivity index is 2.03. The number of carbonyl (C=O) groups is 2. The largest absolute Gasteiger partial charge is 0.541 e. The molecule has 1 aromatic rings. The molecule has 116 valence electrons. The maximum Gasteiger partial charge on any atom is 0.410 e. The number of carboxylic acids is 1. The number of rotatable bonds is 2. The van der Waals surface area contributed by atoms with Crippen LogP contribution in [0.25, 0.3) is 0 Å². The molecule has 1 atom stereocenters. The van der Waals surface area contributed by atoms with Gasteiger partial charge in [-0.05, 0) is 33.6 Å². The smallest absolute Gasteiger partial charge is 0.410 e. The van der Waals surface area contributed by atoms with E-state index in [0.717, 1.165) is 12.8 Å². The van der Waals surface area contributed by atoms with Gasteiger partial charge in [0.15, 0.2) is 5.82 Å². The summed E-state index contributed by atoms with van der Waals surface area (Å²) in [6.07, 6.45) is 2.58. The van der Waals surface area contributed by atoms with Crippen LogP contribution < -0.4 is 5.11 Å². The average molecular weight is 295 g/mol. The van der Waals surface area contributed by atoms with Crippen molar-refractivity contribution in [1.29, 1.82) is 0 Å². The van der Waals surface area contributed by atoms with Gasteiger partial charge in [0.1, 0.15) is 17.9 Å². The lowest BCUT2D eigenvalue weighted by Gasteiger charge is -2.33. The molecule has 1 saturated heterocycles. The van der Waals surface area contributed by atoms with E-state index in [0.29, 0.717) is 13.1 Å². The lowest BCUT2D eigenvalue weighted by atomic mass is 10.1. The van der Waals surface area contributed by atoms with Gasteiger partial charge in [-0.2, -0.15) is 0 Å². The third-order valence-electron chi connectivity index (χ3n) is 3.11. The lowest BCUT2D eigenvalue weighted by Crippen LogP contribution is -2.43. The number of nitrogens with zero attached hydrogens (tertiary/aromatic N) is 4. The monoisotopic (exact) mass is 295 g/mol. The van der Waals surface area contributed by atoms with Crippen LogP contribution in [0.15, 0.2) is 6.33 Å². The second kappa shape index (κ2) is 5.71. The van der Waals surface area contributed by atoms with Crippen molar-refractivity contribution in [2.75, 3.05) is 13.1 Å². The molecule has 0 bridgehead atoms. The van der Waals surface area contributed by atoms with Gasteiger partial charge in [-0.25, -0.2) is 14.5 Å². The fourth-order valence-corrected chi connectivity index (χ4v) is 2.21. The number of likely N-dealkylation sites (tertiary alicyclic amines) is 1. The molecular weight excluding hydrogens is 276 g/mol. The number of hydrogen-bond donors (Lipinski definition) is 0. The standard InChI is InChI=1S/C13H20N4O4/c1-13(2,3)21-12(20)16-6-4-5-9(7-16)17-8-14-10(15-17)11(18)19/h8-9H,4-7H2,1-3H3,(H,18,19)/p-1. The molecule has 8 nitrogen and oxygen atoms in total. The summed E-state index contributed by atoms with van der Waals surface area (Å²) in [6.45, 7) is 6.49. The van der Waals surface area contributed by atoms with E-state index in [2.05, 4.69) is 10.1 Å². The molecule has 1 amide bonds. The third kappa shape index (κ3) is 3.93. The minimum atomic E-state index is -1.41. The second-order valence-corrected chi connectivity index (χ2v) is 6.06. The van der Waals surface area contributed by atoms with Crippen LogP contribution in [0.5, 0.6) is 0 Å².